The topological polar surface area (TPSA) is 48.8 Å². The zero-order valence-corrected chi connectivity index (χ0v) is 11.4. The van der Waals surface area contributed by atoms with Crippen LogP contribution in [0, 0.1) is 6.92 Å². The van der Waals surface area contributed by atoms with Crippen LogP contribution in [0.15, 0.2) is 29.3 Å². The van der Waals surface area contributed by atoms with Crippen LogP contribution in [0.2, 0.25) is 0 Å². The van der Waals surface area contributed by atoms with Crippen LogP contribution < -0.4 is 4.90 Å². The molecule has 5 heteroatoms. The molecule has 1 aromatic carbocycles. The van der Waals surface area contributed by atoms with E-state index in [1.807, 2.05) is 31.2 Å². The molecule has 0 N–H and O–H groups in total. The van der Waals surface area contributed by atoms with Gasteiger partial charge in [-0.15, -0.1) is 0 Å². The molecule has 0 saturated carbocycles. The number of fused-ring (bicyclic) bond motifs is 5. The summed E-state index contributed by atoms with van der Waals surface area (Å²) < 4.78 is 0. The lowest BCUT2D eigenvalue weighted by molar-refractivity contribution is 0.0867. The number of pyridine rings is 1. The van der Waals surface area contributed by atoms with Gasteiger partial charge in [0.2, 0.25) is 5.96 Å². The number of carbonyl (C=O) groups is 1. The molecule has 3 heterocycles. The molecule has 20 heavy (non-hydrogen) atoms. The number of aromatic nitrogens is 1. The van der Waals surface area contributed by atoms with Crippen LogP contribution in [0.4, 0.5) is 5.69 Å². The Kier molecular flexibility index (Phi) is 2.16. The number of amides is 1. The molecule has 2 aromatic rings. The van der Waals surface area contributed by atoms with Gasteiger partial charge >= 0.3 is 0 Å². The maximum absolute atomic E-state index is 12.7. The van der Waals surface area contributed by atoms with Crippen molar-refractivity contribution >= 4 is 28.5 Å². The molecule has 0 saturated heterocycles. The van der Waals surface area contributed by atoms with E-state index in [-0.39, 0.29) is 5.91 Å². The van der Waals surface area contributed by atoms with Crippen molar-refractivity contribution in [2.75, 3.05) is 25.0 Å². The molecule has 0 atom stereocenters. The Morgan fingerprint density at radius 3 is 2.90 bits per heavy atom. The minimum atomic E-state index is -0.00130. The molecular weight excluding hydrogens is 252 g/mol. The molecule has 0 aliphatic carbocycles. The number of aliphatic imine (C=N–C) groups is 1. The van der Waals surface area contributed by atoms with E-state index in [2.05, 4.69) is 14.9 Å². The minimum absolute atomic E-state index is 0.00130. The number of nitrogens with zero attached hydrogens (tertiary/aromatic N) is 4. The molecule has 100 valence electrons. The highest BCUT2D eigenvalue weighted by molar-refractivity contribution is 6.24. The summed E-state index contributed by atoms with van der Waals surface area (Å²) in [6.45, 7) is 3.49. The predicted molar refractivity (Wildman–Crippen MR) is 78.2 cm³/mol. The van der Waals surface area contributed by atoms with E-state index in [0.717, 1.165) is 46.9 Å². The van der Waals surface area contributed by atoms with Gasteiger partial charge in [-0.05, 0) is 13.0 Å². The van der Waals surface area contributed by atoms with Crippen LogP contribution in [0.3, 0.4) is 0 Å². The van der Waals surface area contributed by atoms with E-state index in [0.29, 0.717) is 0 Å². The van der Waals surface area contributed by atoms with Crippen molar-refractivity contribution in [1.82, 2.24) is 9.88 Å². The van der Waals surface area contributed by atoms with Gasteiger partial charge in [0.25, 0.3) is 5.91 Å². The molecule has 1 aromatic heterocycles. The lowest BCUT2D eigenvalue weighted by atomic mass is 10.0. The van der Waals surface area contributed by atoms with Crippen LogP contribution >= 0.6 is 0 Å². The van der Waals surface area contributed by atoms with Crippen LogP contribution in [0.1, 0.15) is 16.1 Å². The average Bonchev–Trinajstić information content (AvgIpc) is 2.93. The van der Waals surface area contributed by atoms with Gasteiger partial charge in [0.1, 0.15) is 0 Å². The second-order valence-electron chi connectivity index (χ2n) is 5.14. The lowest BCUT2D eigenvalue weighted by Gasteiger charge is -2.34. The van der Waals surface area contributed by atoms with Gasteiger partial charge in [-0.1, -0.05) is 18.2 Å². The summed E-state index contributed by atoms with van der Waals surface area (Å²) in [4.78, 5) is 25.5. The lowest BCUT2D eigenvalue weighted by Crippen LogP contribution is -2.48. The third-order valence-electron chi connectivity index (χ3n) is 3.95. The molecule has 1 amide bonds. The SMILES string of the molecule is Cc1nc2ccccc2c2c1N1CCN=C1N(C)C2=O. The summed E-state index contributed by atoms with van der Waals surface area (Å²) in [5, 5.41) is 0.913. The number of aryl methyl sites for hydroxylation is 1. The molecule has 0 bridgehead atoms. The van der Waals surface area contributed by atoms with Gasteiger partial charge in [0.05, 0.1) is 29.0 Å². The fourth-order valence-electron chi connectivity index (χ4n) is 3.06. The van der Waals surface area contributed by atoms with E-state index in [1.54, 1.807) is 11.9 Å². The Bertz CT molecular complexity index is 781. The number of rotatable bonds is 0. The summed E-state index contributed by atoms with van der Waals surface area (Å²) >= 11 is 0. The van der Waals surface area contributed by atoms with E-state index in [9.17, 15) is 4.79 Å². The highest BCUT2D eigenvalue weighted by Gasteiger charge is 2.37. The molecule has 0 spiro atoms. The van der Waals surface area contributed by atoms with E-state index >= 15 is 0 Å². The first kappa shape index (κ1) is 11.4. The van der Waals surface area contributed by atoms with Gasteiger partial charge in [-0.25, -0.2) is 0 Å². The number of carbonyl (C=O) groups excluding carboxylic acids is 1. The van der Waals surface area contributed by atoms with Crippen LogP contribution in [-0.4, -0.2) is 41.9 Å². The fourth-order valence-corrected chi connectivity index (χ4v) is 3.06. The second-order valence-corrected chi connectivity index (χ2v) is 5.14. The second kappa shape index (κ2) is 3.79. The molecule has 0 fully saturated rings. The third-order valence-corrected chi connectivity index (χ3v) is 3.95. The summed E-state index contributed by atoms with van der Waals surface area (Å²) in [7, 11) is 1.78. The number of hydrogen-bond acceptors (Lipinski definition) is 4. The van der Waals surface area contributed by atoms with E-state index in [4.69, 9.17) is 0 Å². The highest BCUT2D eigenvalue weighted by atomic mass is 16.2. The maximum atomic E-state index is 12.7. The minimum Gasteiger partial charge on any atom is -0.308 e. The number of benzene rings is 1. The fraction of sp³-hybridized carbons (Fsp3) is 0.267. The zero-order chi connectivity index (χ0) is 13.9. The first-order chi connectivity index (χ1) is 9.68. The number of anilines is 1. The molecule has 2 aliphatic rings. The molecule has 5 nitrogen and oxygen atoms in total. The number of hydrogen-bond donors (Lipinski definition) is 0. The summed E-state index contributed by atoms with van der Waals surface area (Å²) in [6.07, 6.45) is 0. The van der Waals surface area contributed by atoms with Gasteiger partial charge in [-0.2, -0.15) is 0 Å². The Balaban J connectivity index is 2.13. The Hall–Kier alpha value is -2.43. The summed E-state index contributed by atoms with van der Waals surface area (Å²) in [6, 6.07) is 7.80. The number of guanidine groups is 1. The van der Waals surface area contributed by atoms with Crippen molar-refractivity contribution < 1.29 is 4.79 Å². The molecule has 4 rings (SSSR count). The molecule has 0 unspecified atom stereocenters. The number of para-hydroxylation sites is 1. The Labute approximate surface area is 116 Å². The summed E-state index contributed by atoms with van der Waals surface area (Å²) in [5.41, 5.74) is 3.42. The average molecular weight is 266 g/mol. The van der Waals surface area contributed by atoms with Gasteiger partial charge in [-0.3, -0.25) is 19.7 Å². The Morgan fingerprint density at radius 1 is 1.25 bits per heavy atom. The van der Waals surface area contributed by atoms with Crippen molar-refractivity contribution in [2.24, 2.45) is 4.99 Å². The predicted octanol–water partition coefficient (Wildman–Crippen LogP) is 1.80. The van der Waals surface area contributed by atoms with Gasteiger partial charge < -0.3 is 4.90 Å². The quantitative estimate of drug-likeness (QED) is 0.730. The third kappa shape index (κ3) is 1.29. The first-order valence-corrected chi connectivity index (χ1v) is 6.68. The smallest absolute Gasteiger partial charge is 0.263 e. The monoisotopic (exact) mass is 266 g/mol. The molecule has 0 radical (unpaired) electrons. The van der Waals surface area contributed by atoms with Crippen molar-refractivity contribution in [1.29, 1.82) is 0 Å². The Morgan fingerprint density at radius 2 is 2.05 bits per heavy atom. The van der Waals surface area contributed by atoms with Gasteiger partial charge in [0.15, 0.2) is 0 Å². The van der Waals surface area contributed by atoms with Gasteiger partial charge in [0, 0.05) is 19.0 Å². The largest absolute Gasteiger partial charge is 0.308 e. The van der Waals surface area contributed by atoms with E-state index in [1.165, 1.54) is 0 Å². The van der Waals surface area contributed by atoms with Crippen molar-refractivity contribution in [2.45, 2.75) is 6.92 Å². The van der Waals surface area contributed by atoms with Crippen LogP contribution in [-0.2, 0) is 0 Å². The standard InChI is InChI=1S/C15H14N4O/c1-9-13-12(10-5-3-4-6-11(10)17-9)14(20)18(2)15-16-7-8-19(13)15/h3-6H,7-8H2,1-2H3. The first-order valence-electron chi connectivity index (χ1n) is 6.68. The normalized spacial score (nSPS) is 17.3. The van der Waals surface area contributed by atoms with Crippen molar-refractivity contribution in [3.8, 4) is 0 Å². The van der Waals surface area contributed by atoms with Crippen molar-refractivity contribution in [3.63, 3.8) is 0 Å². The van der Waals surface area contributed by atoms with E-state index < -0.39 is 0 Å². The maximum Gasteiger partial charge on any atom is 0.263 e. The van der Waals surface area contributed by atoms with Crippen LogP contribution in [0.5, 0.6) is 0 Å². The molecule has 2 aliphatic heterocycles. The molecular formula is C15H14N4O. The van der Waals surface area contributed by atoms with Crippen molar-refractivity contribution in [3.05, 3.63) is 35.5 Å². The summed E-state index contributed by atoms with van der Waals surface area (Å²) in [5.74, 6) is 0.737. The zero-order valence-electron chi connectivity index (χ0n) is 11.4. The highest BCUT2D eigenvalue weighted by Crippen LogP contribution is 2.36. The van der Waals surface area contributed by atoms with Crippen LogP contribution in [0.25, 0.3) is 10.9 Å².